The number of hydrogen-bond acceptors (Lipinski definition) is 3. The van der Waals surface area contributed by atoms with Gasteiger partial charge in [-0.15, -0.1) is 0 Å². The van der Waals surface area contributed by atoms with Gasteiger partial charge in [0.25, 0.3) is 0 Å². The molecule has 1 aliphatic heterocycles. The molecule has 1 aromatic carbocycles. The molecular formula is C23H37N5O. The highest BCUT2D eigenvalue weighted by Gasteiger charge is 2.28. The van der Waals surface area contributed by atoms with Gasteiger partial charge in [0, 0.05) is 32.1 Å². The molecule has 160 valence electrons. The fourth-order valence-electron chi connectivity index (χ4n) is 3.67. The van der Waals surface area contributed by atoms with Crippen LogP contribution in [-0.2, 0) is 17.9 Å². The fraction of sp³-hybridized carbons (Fsp3) is 0.652. The van der Waals surface area contributed by atoms with Gasteiger partial charge >= 0.3 is 0 Å². The summed E-state index contributed by atoms with van der Waals surface area (Å²) in [5, 5.41) is 9.53. The normalized spacial score (nSPS) is 18.2. The molecule has 3 rings (SSSR count). The van der Waals surface area contributed by atoms with Crippen LogP contribution < -0.4 is 16.0 Å². The van der Waals surface area contributed by atoms with Crippen LogP contribution in [0.25, 0.3) is 0 Å². The number of carbonyl (C=O) groups is 1. The van der Waals surface area contributed by atoms with Crippen LogP contribution in [0.4, 0.5) is 0 Å². The van der Waals surface area contributed by atoms with E-state index >= 15 is 0 Å². The van der Waals surface area contributed by atoms with Crippen LogP contribution in [-0.4, -0.2) is 49.5 Å². The van der Waals surface area contributed by atoms with E-state index in [1.54, 1.807) is 0 Å². The summed E-state index contributed by atoms with van der Waals surface area (Å²) in [6, 6.07) is 8.86. The molecule has 29 heavy (non-hydrogen) atoms. The quantitative estimate of drug-likeness (QED) is 0.339. The lowest BCUT2D eigenvalue weighted by molar-refractivity contribution is -0.122. The lowest BCUT2D eigenvalue weighted by Gasteiger charge is -2.19. The number of nitrogens with zero attached hydrogens (tertiary/aromatic N) is 2. The Morgan fingerprint density at radius 2 is 1.62 bits per heavy atom. The summed E-state index contributed by atoms with van der Waals surface area (Å²) in [5.74, 6) is 1.25. The number of hydrogen-bond donors (Lipinski definition) is 3. The maximum atomic E-state index is 11.7. The Kier molecular flexibility index (Phi) is 8.81. The van der Waals surface area contributed by atoms with E-state index in [-0.39, 0.29) is 11.8 Å². The van der Waals surface area contributed by atoms with Crippen molar-refractivity contribution in [3.8, 4) is 0 Å². The minimum Gasteiger partial charge on any atom is -0.357 e. The zero-order chi connectivity index (χ0) is 20.3. The predicted octanol–water partition coefficient (Wildman–Crippen LogP) is 2.64. The lowest BCUT2D eigenvalue weighted by atomic mass is 10.1. The Bertz CT molecular complexity index is 646. The number of guanidine groups is 1. The fourth-order valence-corrected chi connectivity index (χ4v) is 3.67. The largest absolute Gasteiger partial charge is 0.357 e. The minimum atomic E-state index is 0.189. The second-order valence-electron chi connectivity index (χ2n) is 8.19. The Labute approximate surface area is 175 Å². The van der Waals surface area contributed by atoms with Gasteiger partial charge in [-0.05, 0) is 56.8 Å². The monoisotopic (exact) mass is 399 g/mol. The Morgan fingerprint density at radius 1 is 0.966 bits per heavy atom. The zero-order valence-corrected chi connectivity index (χ0v) is 17.9. The van der Waals surface area contributed by atoms with Crippen molar-refractivity contribution in [3.05, 3.63) is 35.4 Å². The summed E-state index contributed by atoms with van der Waals surface area (Å²) in [7, 11) is 0. The van der Waals surface area contributed by atoms with Crippen LogP contribution in [0.3, 0.4) is 0 Å². The van der Waals surface area contributed by atoms with E-state index in [1.165, 1.54) is 49.9 Å². The molecule has 1 saturated carbocycles. The molecule has 0 radical (unpaired) electrons. The van der Waals surface area contributed by atoms with Gasteiger partial charge in [-0.1, -0.05) is 37.1 Å². The van der Waals surface area contributed by atoms with Gasteiger partial charge in [-0.3, -0.25) is 9.69 Å². The number of benzene rings is 1. The van der Waals surface area contributed by atoms with Crippen molar-refractivity contribution in [1.29, 1.82) is 0 Å². The van der Waals surface area contributed by atoms with Gasteiger partial charge in [0.2, 0.25) is 5.91 Å². The van der Waals surface area contributed by atoms with E-state index in [4.69, 9.17) is 0 Å². The first-order valence-electron chi connectivity index (χ1n) is 11.3. The van der Waals surface area contributed by atoms with Crippen molar-refractivity contribution in [2.75, 3.05) is 32.7 Å². The van der Waals surface area contributed by atoms with Crippen LogP contribution >= 0.6 is 0 Å². The van der Waals surface area contributed by atoms with E-state index in [9.17, 15) is 4.79 Å². The maximum absolute atomic E-state index is 11.7. The summed E-state index contributed by atoms with van der Waals surface area (Å²) in [5.41, 5.74) is 2.60. The van der Waals surface area contributed by atoms with E-state index in [1.807, 2.05) is 0 Å². The third-order valence-corrected chi connectivity index (χ3v) is 5.56. The van der Waals surface area contributed by atoms with Crippen LogP contribution in [0.1, 0.15) is 56.6 Å². The molecule has 1 aromatic rings. The standard InChI is InChI=1S/C23H37N5O/c1-2-24-23(26-14-13-25-22(29)21-11-12-21)27-17-19-7-9-20(10-8-19)18-28-15-5-3-4-6-16-28/h7-10,21H,2-6,11-18H2,1H3,(H,25,29)(H2,24,26,27). The Hall–Kier alpha value is -2.08. The summed E-state index contributed by atoms with van der Waals surface area (Å²) in [6.07, 6.45) is 7.50. The molecule has 6 nitrogen and oxygen atoms in total. The Balaban J connectivity index is 1.42. The molecule has 0 atom stereocenters. The summed E-state index contributed by atoms with van der Waals surface area (Å²) >= 11 is 0. The van der Waals surface area contributed by atoms with Crippen molar-refractivity contribution in [2.24, 2.45) is 10.9 Å². The van der Waals surface area contributed by atoms with Crippen molar-refractivity contribution >= 4 is 11.9 Å². The first-order chi connectivity index (χ1) is 14.2. The van der Waals surface area contributed by atoms with Crippen molar-refractivity contribution in [1.82, 2.24) is 20.9 Å². The Morgan fingerprint density at radius 3 is 2.28 bits per heavy atom. The molecule has 1 aliphatic carbocycles. The molecule has 3 N–H and O–H groups in total. The average Bonchev–Trinajstić information content (AvgIpc) is 3.58. The van der Waals surface area contributed by atoms with Gasteiger partial charge in [-0.2, -0.15) is 0 Å². The number of likely N-dealkylation sites (tertiary alicyclic amines) is 1. The van der Waals surface area contributed by atoms with Crippen molar-refractivity contribution in [2.45, 2.75) is 58.5 Å². The van der Waals surface area contributed by atoms with Crippen molar-refractivity contribution < 1.29 is 4.79 Å². The highest BCUT2D eigenvalue weighted by molar-refractivity contribution is 5.81. The number of carbonyl (C=O) groups excluding carboxylic acids is 1. The first kappa shape index (κ1) is 21.6. The van der Waals surface area contributed by atoms with Crippen LogP contribution in [0.2, 0.25) is 0 Å². The summed E-state index contributed by atoms with van der Waals surface area (Å²) in [4.78, 5) is 18.9. The van der Waals surface area contributed by atoms with E-state index < -0.39 is 0 Å². The van der Waals surface area contributed by atoms with Gasteiger partial charge in [0.05, 0.1) is 6.54 Å². The zero-order valence-electron chi connectivity index (χ0n) is 17.9. The molecule has 2 aliphatic rings. The second kappa shape index (κ2) is 11.8. The molecule has 0 bridgehead atoms. The lowest BCUT2D eigenvalue weighted by Crippen LogP contribution is -2.41. The highest BCUT2D eigenvalue weighted by atomic mass is 16.2. The molecule has 1 amide bonds. The summed E-state index contributed by atoms with van der Waals surface area (Å²) in [6.45, 7) is 8.34. The van der Waals surface area contributed by atoms with E-state index in [2.05, 4.69) is 57.0 Å². The average molecular weight is 400 g/mol. The predicted molar refractivity (Wildman–Crippen MR) is 119 cm³/mol. The van der Waals surface area contributed by atoms with Gasteiger partial charge < -0.3 is 16.0 Å². The van der Waals surface area contributed by atoms with Crippen molar-refractivity contribution in [3.63, 3.8) is 0 Å². The molecule has 1 saturated heterocycles. The van der Waals surface area contributed by atoms with Crippen LogP contribution in [0, 0.1) is 5.92 Å². The third-order valence-electron chi connectivity index (χ3n) is 5.56. The molecule has 2 fully saturated rings. The number of rotatable bonds is 9. The minimum absolute atomic E-state index is 0.189. The maximum Gasteiger partial charge on any atom is 0.223 e. The number of amides is 1. The topological polar surface area (TPSA) is 68.8 Å². The van der Waals surface area contributed by atoms with Gasteiger partial charge in [-0.25, -0.2) is 4.99 Å². The first-order valence-corrected chi connectivity index (χ1v) is 11.3. The van der Waals surface area contributed by atoms with Crippen LogP contribution in [0.5, 0.6) is 0 Å². The molecule has 0 unspecified atom stereocenters. The molecule has 6 heteroatoms. The van der Waals surface area contributed by atoms with E-state index in [0.29, 0.717) is 19.6 Å². The van der Waals surface area contributed by atoms with Gasteiger partial charge in [0.1, 0.15) is 0 Å². The third kappa shape index (κ3) is 8.05. The highest BCUT2D eigenvalue weighted by Crippen LogP contribution is 2.28. The molecule has 0 spiro atoms. The number of nitrogens with one attached hydrogen (secondary N) is 3. The molecule has 1 heterocycles. The molecule has 0 aromatic heterocycles. The van der Waals surface area contributed by atoms with Crippen LogP contribution in [0.15, 0.2) is 29.3 Å². The SMILES string of the molecule is CCNC(=NCc1ccc(CN2CCCCCC2)cc1)NCCNC(=O)C1CC1. The smallest absolute Gasteiger partial charge is 0.223 e. The molecular weight excluding hydrogens is 362 g/mol. The van der Waals surface area contributed by atoms with E-state index in [0.717, 1.165) is 31.9 Å². The second-order valence-corrected chi connectivity index (χ2v) is 8.19. The summed E-state index contributed by atoms with van der Waals surface area (Å²) < 4.78 is 0. The van der Waals surface area contributed by atoms with Gasteiger partial charge in [0.15, 0.2) is 5.96 Å². The number of aliphatic imine (C=N–C) groups is 1.